The molecule has 0 unspecified atom stereocenters. The van der Waals surface area contributed by atoms with Gasteiger partial charge in [0.1, 0.15) is 5.75 Å². The van der Waals surface area contributed by atoms with Crippen molar-refractivity contribution in [3.8, 4) is 11.4 Å². The highest BCUT2D eigenvalue weighted by Gasteiger charge is 2.62. The summed E-state index contributed by atoms with van der Waals surface area (Å²) in [5, 5.41) is 8.81. The fraction of sp³-hybridized carbons (Fsp3) is 0.300. The van der Waals surface area contributed by atoms with E-state index in [1.807, 2.05) is 0 Å². The van der Waals surface area contributed by atoms with Crippen molar-refractivity contribution in [3.05, 3.63) is 30.1 Å². The van der Waals surface area contributed by atoms with E-state index in [0.29, 0.717) is 4.68 Å². The van der Waals surface area contributed by atoms with Gasteiger partial charge in [0.25, 0.3) is 0 Å². The Kier molecular flexibility index (Phi) is 3.32. The van der Waals surface area contributed by atoms with Crippen molar-refractivity contribution < 1.29 is 26.7 Å². The second-order valence-corrected chi connectivity index (χ2v) is 3.69. The van der Waals surface area contributed by atoms with Crippen LogP contribution in [0.25, 0.3) is 5.69 Å². The van der Waals surface area contributed by atoms with Crippen molar-refractivity contribution in [1.82, 2.24) is 20.2 Å². The summed E-state index contributed by atoms with van der Waals surface area (Å²) in [7, 11) is 1.32. The lowest BCUT2D eigenvalue weighted by molar-refractivity contribution is -0.293. The Labute approximate surface area is 109 Å². The van der Waals surface area contributed by atoms with Crippen LogP contribution in [-0.2, 0) is 5.92 Å². The average Bonchev–Trinajstić information content (AvgIpc) is 2.87. The molecule has 0 aliphatic heterocycles. The molecule has 1 heterocycles. The smallest absolute Gasteiger partial charge is 0.461 e. The summed E-state index contributed by atoms with van der Waals surface area (Å²) < 4.78 is 68.8. The monoisotopic (exact) mass is 294 g/mol. The third-order valence-corrected chi connectivity index (χ3v) is 2.40. The maximum atomic E-state index is 13.3. The van der Waals surface area contributed by atoms with Crippen LogP contribution in [0.2, 0.25) is 0 Å². The Bertz CT molecular complexity index is 610. The predicted molar refractivity (Wildman–Crippen MR) is 55.7 cm³/mol. The number of ether oxygens (including phenoxy) is 1. The third kappa shape index (κ3) is 2.28. The number of aromatic nitrogens is 4. The Morgan fingerprint density at radius 1 is 1.15 bits per heavy atom. The fourth-order valence-corrected chi connectivity index (χ4v) is 1.43. The SMILES string of the molecule is COc1cccc(-n2nnnc2C(F)(F)C(F)(F)F)c1. The van der Waals surface area contributed by atoms with E-state index in [4.69, 9.17) is 4.74 Å². The van der Waals surface area contributed by atoms with Gasteiger partial charge in [-0.05, 0) is 22.6 Å². The van der Waals surface area contributed by atoms with Crippen molar-refractivity contribution >= 4 is 0 Å². The van der Waals surface area contributed by atoms with Crippen LogP contribution in [0.15, 0.2) is 24.3 Å². The number of alkyl halides is 5. The third-order valence-electron chi connectivity index (χ3n) is 2.40. The first-order chi connectivity index (χ1) is 9.27. The standard InChI is InChI=1S/C10H7F5N4O/c1-20-7-4-2-3-6(5-7)19-8(16-17-18-19)9(11,12)10(13,14)15/h2-5H,1H3. The van der Waals surface area contributed by atoms with Crippen LogP contribution in [0, 0.1) is 0 Å². The molecule has 0 aliphatic rings. The van der Waals surface area contributed by atoms with Crippen LogP contribution in [0.1, 0.15) is 5.82 Å². The minimum Gasteiger partial charge on any atom is -0.497 e. The zero-order chi connectivity index (χ0) is 15.0. The lowest BCUT2D eigenvalue weighted by Crippen LogP contribution is -2.36. The molecule has 0 saturated carbocycles. The van der Waals surface area contributed by atoms with Crippen LogP contribution in [0.5, 0.6) is 5.75 Å². The molecule has 10 heteroatoms. The maximum Gasteiger partial charge on any atom is 0.461 e. The van der Waals surface area contributed by atoms with E-state index in [9.17, 15) is 22.0 Å². The summed E-state index contributed by atoms with van der Waals surface area (Å²) in [5.74, 6) is -6.52. The van der Waals surface area contributed by atoms with E-state index >= 15 is 0 Å². The van der Waals surface area contributed by atoms with Gasteiger partial charge in [0, 0.05) is 6.07 Å². The number of benzene rings is 1. The maximum absolute atomic E-state index is 13.3. The molecule has 0 amide bonds. The molecular weight excluding hydrogens is 287 g/mol. The largest absolute Gasteiger partial charge is 0.497 e. The molecular formula is C10H7F5N4O. The van der Waals surface area contributed by atoms with Crippen molar-refractivity contribution in [2.75, 3.05) is 7.11 Å². The Morgan fingerprint density at radius 2 is 1.85 bits per heavy atom. The number of halogens is 5. The lowest BCUT2D eigenvalue weighted by Gasteiger charge is -2.18. The molecule has 0 aliphatic carbocycles. The van der Waals surface area contributed by atoms with Gasteiger partial charge in [-0.15, -0.1) is 5.10 Å². The highest BCUT2D eigenvalue weighted by atomic mass is 19.4. The highest BCUT2D eigenvalue weighted by Crippen LogP contribution is 2.43. The van der Waals surface area contributed by atoms with Crippen LogP contribution >= 0.6 is 0 Å². The summed E-state index contributed by atoms with van der Waals surface area (Å²) in [6, 6.07) is 5.40. The topological polar surface area (TPSA) is 52.8 Å². The number of hydrogen-bond acceptors (Lipinski definition) is 4. The van der Waals surface area contributed by atoms with E-state index in [1.165, 1.54) is 31.4 Å². The normalized spacial score (nSPS) is 12.5. The predicted octanol–water partition coefficient (Wildman–Crippen LogP) is 2.33. The molecule has 1 aromatic heterocycles. The first kappa shape index (κ1) is 14.2. The van der Waals surface area contributed by atoms with Crippen LogP contribution in [0.3, 0.4) is 0 Å². The first-order valence-electron chi connectivity index (χ1n) is 5.15. The van der Waals surface area contributed by atoms with E-state index in [2.05, 4.69) is 15.5 Å². The van der Waals surface area contributed by atoms with E-state index in [1.54, 1.807) is 0 Å². The lowest BCUT2D eigenvalue weighted by atomic mass is 10.2. The van der Waals surface area contributed by atoms with Crippen molar-refractivity contribution in [2.45, 2.75) is 12.1 Å². The molecule has 0 fully saturated rings. The van der Waals surface area contributed by atoms with Gasteiger partial charge in [-0.3, -0.25) is 0 Å². The molecule has 0 atom stereocenters. The molecule has 5 nitrogen and oxygen atoms in total. The molecule has 108 valence electrons. The molecule has 2 rings (SSSR count). The summed E-state index contributed by atoms with van der Waals surface area (Å²) in [6.07, 6.45) is -5.79. The Balaban J connectivity index is 2.53. The van der Waals surface area contributed by atoms with Crippen molar-refractivity contribution in [3.63, 3.8) is 0 Å². The number of tetrazole rings is 1. The quantitative estimate of drug-likeness (QED) is 0.815. The molecule has 1 aromatic carbocycles. The molecule has 0 radical (unpaired) electrons. The average molecular weight is 294 g/mol. The van der Waals surface area contributed by atoms with Crippen molar-refractivity contribution in [1.29, 1.82) is 0 Å². The summed E-state index contributed by atoms with van der Waals surface area (Å²) in [5.41, 5.74) is -0.0757. The summed E-state index contributed by atoms with van der Waals surface area (Å²) in [6.45, 7) is 0. The Hall–Kier alpha value is -2.26. The second-order valence-electron chi connectivity index (χ2n) is 3.69. The minimum absolute atomic E-state index is 0.0757. The number of nitrogens with zero attached hydrogens (tertiary/aromatic N) is 4. The zero-order valence-electron chi connectivity index (χ0n) is 9.90. The fourth-order valence-electron chi connectivity index (χ4n) is 1.43. The van der Waals surface area contributed by atoms with Gasteiger partial charge in [-0.1, -0.05) is 6.07 Å². The van der Waals surface area contributed by atoms with Gasteiger partial charge in [0.15, 0.2) is 0 Å². The van der Waals surface area contributed by atoms with Gasteiger partial charge < -0.3 is 4.74 Å². The second kappa shape index (κ2) is 4.69. The molecule has 2 aromatic rings. The summed E-state index contributed by atoms with van der Waals surface area (Å²) >= 11 is 0. The number of methoxy groups -OCH3 is 1. The Morgan fingerprint density at radius 3 is 2.45 bits per heavy atom. The first-order valence-corrected chi connectivity index (χ1v) is 5.15. The molecule has 0 saturated heterocycles. The number of hydrogen-bond donors (Lipinski definition) is 0. The van der Waals surface area contributed by atoms with Crippen LogP contribution < -0.4 is 4.74 Å². The molecule has 0 bridgehead atoms. The van der Waals surface area contributed by atoms with Gasteiger partial charge in [-0.2, -0.15) is 26.6 Å². The van der Waals surface area contributed by atoms with E-state index in [0.717, 1.165) is 0 Å². The summed E-state index contributed by atoms with van der Waals surface area (Å²) in [4.78, 5) is 0. The minimum atomic E-state index is -5.79. The molecule has 0 spiro atoms. The van der Waals surface area contributed by atoms with Gasteiger partial charge in [-0.25, -0.2) is 0 Å². The van der Waals surface area contributed by atoms with Crippen LogP contribution in [-0.4, -0.2) is 33.5 Å². The van der Waals surface area contributed by atoms with Gasteiger partial charge in [0.2, 0.25) is 5.82 Å². The van der Waals surface area contributed by atoms with E-state index in [-0.39, 0.29) is 11.4 Å². The number of rotatable bonds is 3. The van der Waals surface area contributed by atoms with E-state index < -0.39 is 17.9 Å². The van der Waals surface area contributed by atoms with Crippen molar-refractivity contribution in [2.24, 2.45) is 0 Å². The molecule has 20 heavy (non-hydrogen) atoms. The molecule has 0 N–H and O–H groups in total. The van der Waals surface area contributed by atoms with Gasteiger partial charge in [0.05, 0.1) is 12.8 Å². The van der Waals surface area contributed by atoms with Crippen LogP contribution in [0.4, 0.5) is 22.0 Å². The zero-order valence-corrected chi connectivity index (χ0v) is 9.90. The van der Waals surface area contributed by atoms with Gasteiger partial charge >= 0.3 is 12.1 Å². The highest BCUT2D eigenvalue weighted by molar-refractivity contribution is 5.39.